The van der Waals surface area contributed by atoms with Gasteiger partial charge in [0, 0.05) is 30.1 Å². The lowest BCUT2D eigenvalue weighted by Gasteiger charge is -2.17. The molecule has 6 nitrogen and oxygen atoms in total. The zero-order valence-corrected chi connectivity index (χ0v) is 19.9. The molecule has 4 rings (SSSR count). The number of aromatic nitrogens is 1. The van der Waals surface area contributed by atoms with Crippen LogP contribution in [0.25, 0.3) is 10.9 Å². The predicted molar refractivity (Wildman–Crippen MR) is 134 cm³/mol. The quantitative estimate of drug-likeness (QED) is 0.280. The summed E-state index contributed by atoms with van der Waals surface area (Å²) in [6.07, 6.45) is 2.21. The van der Waals surface area contributed by atoms with Crippen molar-refractivity contribution in [2.45, 2.75) is 32.5 Å². The Hall–Kier alpha value is -3.48. The number of nitrogens with one attached hydrogen (secondary N) is 2. The number of fused-ring (bicyclic) bond motifs is 1. The van der Waals surface area contributed by atoms with Crippen molar-refractivity contribution in [3.05, 3.63) is 94.1 Å². The average molecular weight is 479 g/mol. The number of H-pyrrole nitrogens is 1. The number of carbonyl (C=O) groups is 1. The minimum Gasteiger partial charge on any atom is -0.493 e. The predicted octanol–water partition coefficient (Wildman–Crippen LogP) is 5.50. The molecular formula is C27H27ClN2O4. The number of methoxy groups -OCH3 is 1. The lowest BCUT2D eigenvalue weighted by Crippen LogP contribution is -2.38. The van der Waals surface area contributed by atoms with Crippen LogP contribution >= 0.6 is 11.6 Å². The number of aromatic amines is 1. The number of ether oxygens (including phenoxy) is 2. The fourth-order valence-electron chi connectivity index (χ4n) is 3.95. The Morgan fingerprint density at radius 2 is 1.88 bits per heavy atom. The van der Waals surface area contributed by atoms with Gasteiger partial charge in [-0.05, 0) is 47.4 Å². The summed E-state index contributed by atoms with van der Waals surface area (Å²) >= 11 is 6.52. The molecule has 0 saturated carbocycles. The molecule has 1 atom stereocenters. The Labute approximate surface area is 203 Å². The molecular weight excluding hydrogens is 452 g/mol. The zero-order chi connectivity index (χ0) is 24.1. The summed E-state index contributed by atoms with van der Waals surface area (Å²) in [6.45, 7) is 2.71. The summed E-state index contributed by atoms with van der Waals surface area (Å²) in [5, 5.41) is 14.3. The van der Waals surface area contributed by atoms with E-state index in [2.05, 4.69) is 10.3 Å². The number of carboxylic acid groups (broad SMARTS) is 1. The number of hydrogen-bond acceptors (Lipinski definition) is 4. The lowest BCUT2D eigenvalue weighted by atomic mass is 10.0. The van der Waals surface area contributed by atoms with Gasteiger partial charge in [-0.2, -0.15) is 0 Å². The first-order valence-electron chi connectivity index (χ1n) is 11.0. The summed E-state index contributed by atoms with van der Waals surface area (Å²) in [4.78, 5) is 15.1. The number of aryl methyl sites for hydroxylation is 1. The van der Waals surface area contributed by atoms with Gasteiger partial charge in [-0.25, -0.2) is 0 Å². The number of benzene rings is 3. The first-order chi connectivity index (χ1) is 16.5. The summed E-state index contributed by atoms with van der Waals surface area (Å²) in [7, 11) is 1.56. The molecule has 0 amide bonds. The minimum atomic E-state index is -0.915. The monoisotopic (exact) mass is 478 g/mol. The molecule has 0 aliphatic carbocycles. The van der Waals surface area contributed by atoms with Crippen molar-refractivity contribution in [3.63, 3.8) is 0 Å². The van der Waals surface area contributed by atoms with Crippen molar-refractivity contribution >= 4 is 28.5 Å². The molecule has 3 aromatic carbocycles. The smallest absolute Gasteiger partial charge is 0.321 e. The highest BCUT2D eigenvalue weighted by atomic mass is 35.5. The van der Waals surface area contributed by atoms with E-state index in [1.165, 1.54) is 0 Å². The van der Waals surface area contributed by atoms with Gasteiger partial charge in [0.2, 0.25) is 0 Å². The molecule has 3 N–H and O–H groups in total. The van der Waals surface area contributed by atoms with Gasteiger partial charge in [-0.3, -0.25) is 4.79 Å². The maximum atomic E-state index is 11.9. The van der Waals surface area contributed by atoms with Crippen LogP contribution in [0.1, 0.15) is 22.3 Å². The molecule has 0 unspecified atom stereocenters. The zero-order valence-electron chi connectivity index (χ0n) is 19.1. The summed E-state index contributed by atoms with van der Waals surface area (Å²) in [5.74, 6) is 0.0488. The second-order valence-corrected chi connectivity index (χ2v) is 8.57. The topological polar surface area (TPSA) is 83.6 Å². The van der Waals surface area contributed by atoms with Crippen molar-refractivity contribution in [2.24, 2.45) is 0 Å². The summed E-state index contributed by atoms with van der Waals surface area (Å²) in [6, 6.07) is 18.7. The fourth-order valence-corrected chi connectivity index (χ4v) is 4.23. The standard InChI is InChI=1S/C27H27ClN2O4/c1-17-7-3-4-8-19(17)16-34-26-22(28)11-18(12-25(26)33-2)14-29-24(27(31)32)13-20-15-30-23-10-6-5-9-21(20)23/h3-12,15,24,29-30H,13-14,16H2,1-2H3,(H,31,32)/t24-/m0/s1. The second kappa shape index (κ2) is 10.6. The Morgan fingerprint density at radius 3 is 2.65 bits per heavy atom. The van der Waals surface area contributed by atoms with Gasteiger partial charge in [0.25, 0.3) is 0 Å². The van der Waals surface area contributed by atoms with Gasteiger partial charge in [-0.1, -0.05) is 54.1 Å². The van der Waals surface area contributed by atoms with Crippen molar-refractivity contribution in [1.29, 1.82) is 0 Å². The first kappa shape index (κ1) is 23.7. The second-order valence-electron chi connectivity index (χ2n) is 8.16. The minimum absolute atomic E-state index is 0.313. The summed E-state index contributed by atoms with van der Waals surface area (Å²) < 4.78 is 11.5. The molecule has 4 aromatic rings. The normalized spacial score (nSPS) is 12.0. The van der Waals surface area contributed by atoms with Crippen LogP contribution in [0.3, 0.4) is 0 Å². The number of halogens is 1. The van der Waals surface area contributed by atoms with E-state index in [9.17, 15) is 9.90 Å². The SMILES string of the molecule is COc1cc(CN[C@@H](Cc2c[nH]c3ccccc23)C(=O)O)cc(Cl)c1OCc1ccccc1C. The number of aliphatic carboxylic acids is 1. The van der Waals surface area contributed by atoms with Crippen LogP contribution in [0.4, 0.5) is 0 Å². The van der Waals surface area contributed by atoms with E-state index in [1.54, 1.807) is 13.2 Å². The molecule has 34 heavy (non-hydrogen) atoms. The van der Waals surface area contributed by atoms with Gasteiger partial charge in [0.1, 0.15) is 12.6 Å². The van der Waals surface area contributed by atoms with Crippen molar-refractivity contribution in [3.8, 4) is 11.5 Å². The van der Waals surface area contributed by atoms with Crippen molar-refractivity contribution in [2.75, 3.05) is 7.11 Å². The molecule has 0 saturated heterocycles. The van der Waals surface area contributed by atoms with Crippen molar-refractivity contribution < 1.29 is 19.4 Å². The highest BCUT2D eigenvalue weighted by molar-refractivity contribution is 6.32. The van der Waals surface area contributed by atoms with E-state index in [0.29, 0.717) is 36.1 Å². The van der Waals surface area contributed by atoms with Gasteiger partial charge < -0.3 is 24.9 Å². The third kappa shape index (κ3) is 5.35. The average Bonchev–Trinajstić information content (AvgIpc) is 3.24. The lowest BCUT2D eigenvalue weighted by molar-refractivity contribution is -0.139. The van der Waals surface area contributed by atoms with Gasteiger partial charge in [0.05, 0.1) is 12.1 Å². The Morgan fingerprint density at radius 1 is 1.12 bits per heavy atom. The van der Waals surface area contributed by atoms with Crippen LogP contribution in [0.15, 0.2) is 66.9 Å². The number of rotatable bonds is 10. The Bertz CT molecular complexity index is 1300. The molecule has 176 valence electrons. The third-order valence-electron chi connectivity index (χ3n) is 5.87. The maximum Gasteiger partial charge on any atom is 0.321 e. The molecule has 0 aliphatic rings. The van der Waals surface area contributed by atoms with E-state index in [4.69, 9.17) is 21.1 Å². The van der Waals surface area contributed by atoms with E-state index in [-0.39, 0.29) is 0 Å². The molecule has 0 aliphatic heterocycles. The third-order valence-corrected chi connectivity index (χ3v) is 6.15. The molecule has 1 aromatic heterocycles. The highest BCUT2D eigenvalue weighted by Crippen LogP contribution is 2.37. The molecule has 0 bridgehead atoms. The van der Waals surface area contributed by atoms with Gasteiger partial charge >= 0.3 is 5.97 Å². The molecule has 0 radical (unpaired) electrons. The fraction of sp³-hybridized carbons (Fsp3) is 0.222. The molecule has 7 heteroatoms. The largest absolute Gasteiger partial charge is 0.493 e. The van der Waals surface area contributed by atoms with Crippen LogP contribution < -0.4 is 14.8 Å². The molecule has 0 fully saturated rings. The number of carboxylic acids is 1. The van der Waals surface area contributed by atoms with Crippen LogP contribution in [-0.4, -0.2) is 29.2 Å². The van der Waals surface area contributed by atoms with E-state index >= 15 is 0 Å². The van der Waals surface area contributed by atoms with Gasteiger partial charge in [-0.15, -0.1) is 0 Å². The molecule has 0 spiro atoms. The summed E-state index contributed by atoms with van der Waals surface area (Å²) in [5.41, 5.74) is 4.93. The van der Waals surface area contributed by atoms with Crippen LogP contribution in [0.5, 0.6) is 11.5 Å². The Kier molecular flexibility index (Phi) is 7.40. The Balaban J connectivity index is 1.46. The van der Waals surface area contributed by atoms with Crippen LogP contribution in [0.2, 0.25) is 5.02 Å². The van der Waals surface area contributed by atoms with Crippen LogP contribution in [0, 0.1) is 6.92 Å². The van der Waals surface area contributed by atoms with Crippen LogP contribution in [-0.2, 0) is 24.4 Å². The molecule has 1 heterocycles. The number of hydrogen-bond donors (Lipinski definition) is 3. The van der Waals surface area contributed by atoms with E-state index < -0.39 is 12.0 Å². The number of para-hydroxylation sites is 1. The van der Waals surface area contributed by atoms with Crippen molar-refractivity contribution in [1.82, 2.24) is 10.3 Å². The maximum absolute atomic E-state index is 11.9. The first-order valence-corrected chi connectivity index (χ1v) is 11.4. The highest BCUT2D eigenvalue weighted by Gasteiger charge is 2.20. The van der Waals surface area contributed by atoms with E-state index in [0.717, 1.165) is 33.2 Å². The van der Waals surface area contributed by atoms with E-state index in [1.807, 2.05) is 67.7 Å². The van der Waals surface area contributed by atoms with Gasteiger partial charge in [0.15, 0.2) is 11.5 Å².